The van der Waals surface area contributed by atoms with E-state index in [1.165, 1.54) is 6.92 Å². The summed E-state index contributed by atoms with van der Waals surface area (Å²) >= 11 is 0. The van der Waals surface area contributed by atoms with Gasteiger partial charge in [-0.25, -0.2) is 13.6 Å². The third-order valence-electron chi connectivity index (χ3n) is 5.37. The number of ketones is 1. The Labute approximate surface area is 167 Å². The zero-order valence-corrected chi connectivity index (χ0v) is 16.8. The maximum atomic E-state index is 14.2. The molecule has 0 bridgehead atoms. The summed E-state index contributed by atoms with van der Waals surface area (Å²) in [5, 5.41) is 2.40. The third-order valence-corrected chi connectivity index (χ3v) is 5.37. The Kier molecular flexibility index (Phi) is 5.30. The van der Waals surface area contributed by atoms with Crippen molar-refractivity contribution >= 4 is 17.7 Å². The molecular formula is C21H23F2N3O3. The number of carbonyl (C=O) groups is 3. The molecule has 1 aliphatic heterocycles. The van der Waals surface area contributed by atoms with Crippen molar-refractivity contribution in [3.8, 4) is 0 Å². The predicted molar refractivity (Wildman–Crippen MR) is 102 cm³/mol. The largest absolute Gasteiger partial charge is 0.348 e. The molecule has 0 unspecified atom stereocenters. The summed E-state index contributed by atoms with van der Waals surface area (Å²) in [6, 6.07) is 3.61. The molecule has 154 valence electrons. The van der Waals surface area contributed by atoms with E-state index >= 15 is 0 Å². The normalized spacial score (nSPS) is 19.0. The molecule has 29 heavy (non-hydrogen) atoms. The van der Waals surface area contributed by atoms with Crippen LogP contribution in [-0.2, 0) is 16.9 Å². The zero-order valence-electron chi connectivity index (χ0n) is 16.8. The van der Waals surface area contributed by atoms with E-state index in [0.717, 1.165) is 47.5 Å². The number of urea groups is 1. The van der Waals surface area contributed by atoms with Crippen molar-refractivity contribution in [2.24, 2.45) is 0 Å². The van der Waals surface area contributed by atoms with Crippen molar-refractivity contribution in [2.45, 2.75) is 46.2 Å². The molecule has 1 aromatic heterocycles. The molecular weight excluding hydrogens is 380 g/mol. The molecule has 2 aromatic rings. The fourth-order valence-corrected chi connectivity index (χ4v) is 3.78. The number of nitrogens with one attached hydrogen (secondary N) is 1. The molecule has 8 heteroatoms. The van der Waals surface area contributed by atoms with E-state index in [-0.39, 0.29) is 5.56 Å². The number of imide groups is 1. The average Bonchev–Trinajstić information content (AvgIpc) is 3.06. The molecule has 1 N–H and O–H groups in total. The van der Waals surface area contributed by atoms with Crippen molar-refractivity contribution in [2.75, 3.05) is 6.54 Å². The topological polar surface area (TPSA) is 71.4 Å². The van der Waals surface area contributed by atoms with E-state index in [4.69, 9.17) is 0 Å². The second-order valence-electron chi connectivity index (χ2n) is 7.43. The monoisotopic (exact) mass is 403 g/mol. The van der Waals surface area contributed by atoms with Crippen molar-refractivity contribution in [1.82, 2.24) is 14.8 Å². The minimum absolute atomic E-state index is 0.285. The van der Waals surface area contributed by atoms with Gasteiger partial charge < -0.3 is 9.88 Å². The molecule has 0 aliphatic carbocycles. The molecule has 6 nitrogen and oxygen atoms in total. The average molecular weight is 403 g/mol. The molecule has 1 aliphatic rings. The highest BCUT2D eigenvalue weighted by Gasteiger charge is 2.51. The summed E-state index contributed by atoms with van der Waals surface area (Å²) in [4.78, 5) is 38.9. The van der Waals surface area contributed by atoms with Gasteiger partial charge in [0, 0.05) is 29.1 Å². The first-order valence-corrected chi connectivity index (χ1v) is 9.39. The lowest BCUT2D eigenvalue weighted by Gasteiger charge is -2.22. The predicted octanol–water partition coefficient (Wildman–Crippen LogP) is 3.44. The molecule has 1 saturated heterocycles. The van der Waals surface area contributed by atoms with Crippen molar-refractivity contribution in [3.63, 3.8) is 0 Å². The highest BCUT2D eigenvalue weighted by Crippen LogP contribution is 2.31. The molecule has 0 radical (unpaired) electrons. The van der Waals surface area contributed by atoms with E-state index in [0.29, 0.717) is 5.56 Å². The molecule has 1 aromatic carbocycles. The van der Waals surface area contributed by atoms with E-state index in [9.17, 15) is 23.2 Å². The molecule has 0 saturated carbocycles. The molecule has 0 spiro atoms. The van der Waals surface area contributed by atoms with Crippen LogP contribution >= 0.6 is 0 Å². The van der Waals surface area contributed by atoms with E-state index in [2.05, 4.69) is 5.32 Å². The van der Waals surface area contributed by atoms with Crippen LogP contribution in [0.3, 0.4) is 0 Å². The Balaban J connectivity index is 1.89. The lowest BCUT2D eigenvalue weighted by Crippen LogP contribution is -2.42. The Morgan fingerprint density at radius 2 is 1.86 bits per heavy atom. The van der Waals surface area contributed by atoms with Gasteiger partial charge in [0.25, 0.3) is 5.91 Å². The Bertz CT molecular complexity index is 1010. The first kappa shape index (κ1) is 20.7. The van der Waals surface area contributed by atoms with Crippen molar-refractivity contribution in [3.05, 3.63) is 58.4 Å². The van der Waals surface area contributed by atoms with Crippen LogP contribution in [0.1, 0.15) is 47.6 Å². The van der Waals surface area contributed by atoms with Gasteiger partial charge in [-0.1, -0.05) is 6.92 Å². The summed E-state index contributed by atoms with van der Waals surface area (Å²) in [6.07, 6.45) is 0.897. The Morgan fingerprint density at radius 1 is 1.17 bits per heavy atom. The minimum Gasteiger partial charge on any atom is -0.348 e. The first-order valence-electron chi connectivity index (χ1n) is 9.39. The minimum atomic E-state index is -1.79. The number of carbonyl (C=O) groups excluding carboxylic acids is 3. The fourth-order valence-electron chi connectivity index (χ4n) is 3.78. The second kappa shape index (κ2) is 7.42. The summed E-state index contributed by atoms with van der Waals surface area (Å²) in [6.45, 7) is 7.30. The van der Waals surface area contributed by atoms with Crippen LogP contribution in [0.2, 0.25) is 0 Å². The maximum Gasteiger partial charge on any atom is 0.325 e. The maximum absolute atomic E-state index is 14.2. The Hall–Kier alpha value is -3.03. The van der Waals surface area contributed by atoms with Gasteiger partial charge >= 0.3 is 6.03 Å². The number of hydrogen-bond acceptors (Lipinski definition) is 3. The third kappa shape index (κ3) is 3.43. The molecule has 3 amide bonds. The fraction of sp³-hybridized carbons (Fsp3) is 0.381. The number of Topliss-reactive ketones (excluding diaryl/α,β-unsaturated/α-hetero) is 1. The lowest BCUT2D eigenvalue weighted by molar-refractivity contribution is -0.130. The van der Waals surface area contributed by atoms with Gasteiger partial charge in [0.05, 0.1) is 6.54 Å². The highest BCUT2D eigenvalue weighted by molar-refractivity contribution is 6.11. The van der Waals surface area contributed by atoms with Crippen LogP contribution in [0, 0.1) is 25.5 Å². The van der Waals surface area contributed by atoms with Crippen LogP contribution in [0.15, 0.2) is 24.3 Å². The Morgan fingerprint density at radius 3 is 2.52 bits per heavy atom. The summed E-state index contributed by atoms with van der Waals surface area (Å²) in [5.74, 6) is -2.75. The molecule has 1 fully saturated rings. The summed E-state index contributed by atoms with van der Waals surface area (Å²) in [5.41, 5.74) is 0.0359. The summed E-state index contributed by atoms with van der Waals surface area (Å²) < 4.78 is 29.9. The number of halogens is 2. The number of rotatable bonds is 6. The van der Waals surface area contributed by atoms with Crippen LogP contribution in [0.25, 0.3) is 0 Å². The highest BCUT2D eigenvalue weighted by atomic mass is 19.1. The molecule has 1 atom stereocenters. The van der Waals surface area contributed by atoms with Crippen LogP contribution in [-0.4, -0.2) is 33.7 Å². The van der Waals surface area contributed by atoms with Crippen molar-refractivity contribution in [1.29, 1.82) is 0 Å². The van der Waals surface area contributed by atoms with Crippen molar-refractivity contribution < 1.29 is 23.2 Å². The SMILES string of the molecule is CCCn1c(C)cc(C(=O)CN2C(=O)N[C@](C)(c3cc(F)ccc3F)C2=O)c1C. The van der Waals surface area contributed by atoms with Gasteiger partial charge in [0.1, 0.15) is 17.2 Å². The van der Waals surface area contributed by atoms with Crippen LogP contribution < -0.4 is 5.32 Å². The van der Waals surface area contributed by atoms with Gasteiger partial charge in [-0.3, -0.25) is 14.5 Å². The van der Waals surface area contributed by atoms with Crippen LogP contribution in [0.4, 0.5) is 13.6 Å². The van der Waals surface area contributed by atoms with E-state index in [1.54, 1.807) is 6.07 Å². The number of nitrogens with zero attached hydrogens (tertiary/aromatic N) is 2. The van der Waals surface area contributed by atoms with Crippen LogP contribution in [0.5, 0.6) is 0 Å². The van der Waals surface area contributed by atoms with Gasteiger partial charge in [-0.15, -0.1) is 0 Å². The number of aryl methyl sites for hydroxylation is 1. The standard InChI is InChI=1S/C21H23F2N3O3/c1-5-8-25-12(2)9-15(13(25)3)18(27)11-26-19(28)21(4,24-20(26)29)16-10-14(22)6-7-17(16)23/h6-7,9-10H,5,8,11H2,1-4H3,(H,24,29)/t21-/m1/s1. The number of amides is 3. The van der Waals surface area contributed by atoms with E-state index in [1.807, 2.05) is 25.3 Å². The number of hydrogen-bond donors (Lipinski definition) is 1. The first-order chi connectivity index (χ1) is 13.6. The van der Waals surface area contributed by atoms with E-state index < -0.39 is 41.4 Å². The van der Waals surface area contributed by atoms with Gasteiger partial charge in [0.2, 0.25) is 0 Å². The van der Waals surface area contributed by atoms with Gasteiger partial charge in [0.15, 0.2) is 5.78 Å². The lowest BCUT2D eigenvalue weighted by atomic mass is 9.91. The second-order valence-corrected chi connectivity index (χ2v) is 7.43. The smallest absolute Gasteiger partial charge is 0.325 e. The molecule has 3 rings (SSSR count). The zero-order chi connectivity index (χ0) is 21.5. The van der Waals surface area contributed by atoms with Gasteiger partial charge in [-0.2, -0.15) is 0 Å². The quantitative estimate of drug-likeness (QED) is 0.593. The molecule has 2 heterocycles. The number of aromatic nitrogens is 1. The van der Waals surface area contributed by atoms with Gasteiger partial charge in [-0.05, 0) is 51.5 Å². The summed E-state index contributed by atoms with van der Waals surface area (Å²) in [7, 11) is 0. The number of benzene rings is 1.